The van der Waals surface area contributed by atoms with Gasteiger partial charge in [0.25, 0.3) is 11.8 Å². The number of carbonyl (C=O) groups is 2. The number of rotatable bonds is 5. The first-order chi connectivity index (χ1) is 8.90. The van der Waals surface area contributed by atoms with Crippen LogP contribution in [0.4, 0.5) is 0 Å². The van der Waals surface area contributed by atoms with E-state index in [9.17, 15) is 9.59 Å². The van der Waals surface area contributed by atoms with Gasteiger partial charge in [0.15, 0.2) is 0 Å². The van der Waals surface area contributed by atoms with Gasteiger partial charge in [-0.05, 0) is 12.1 Å². The molecule has 1 aliphatic rings. The van der Waals surface area contributed by atoms with Gasteiger partial charge in [0, 0.05) is 6.23 Å². The summed E-state index contributed by atoms with van der Waals surface area (Å²) in [5, 5.41) is 0. The van der Waals surface area contributed by atoms with Gasteiger partial charge in [-0.1, -0.05) is 31.8 Å². The van der Waals surface area contributed by atoms with Gasteiger partial charge < -0.3 is 4.74 Å². The van der Waals surface area contributed by atoms with E-state index in [1.54, 1.807) is 24.3 Å². The third-order valence-corrected chi connectivity index (χ3v) is 3.94. The first-order valence-electron chi connectivity index (χ1n) is 6.43. The maximum absolute atomic E-state index is 12.1. The Labute approximate surface area is 114 Å². The Morgan fingerprint density at radius 1 is 1.05 bits per heavy atom. The average Bonchev–Trinajstić information content (AvgIpc) is 2.58. The molecule has 0 aliphatic carbocycles. The predicted octanol–water partition coefficient (Wildman–Crippen LogP) is 2.18. The quantitative estimate of drug-likeness (QED) is 0.471. The van der Waals surface area contributed by atoms with E-state index in [2.05, 4.69) is 19.6 Å². The van der Waals surface area contributed by atoms with Crippen LogP contribution in [0.15, 0.2) is 24.3 Å². The van der Waals surface area contributed by atoms with E-state index >= 15 is 0 Å². The Morgan fingerprint density at radius 3 is 2.05 bits per heavy atom. The van der Waals surface area contributed by atoms with Gasteiger partial charge in [0.1, 0.15) is 0 Å². The fourth-order valence-corrected chi connectivity index (χ4v) is 2.73. The van der Waals surface area contributed by atoms with Crippen LogP contribution < -0.4 is 0 Å². The van der Waals surface area contributed by atoms with E-state index in [0.717, 1.165) is 6.23 Å². The van der Waals surface area contributed by atoms with Crippen molar-refractivity contribution in [1.82, 2.24) is 4.90 Å². The first kappa shape index (κ1) is 14.0. The van der Waals surface area contributed by atoms with Crippen molar-refractivity contribution in [3.63, 3.8) is 0 Å². The van der Waals surface area contributed by atoms with Crippen molar-refractivity contribution in [3.05, 3.63) is 35.4 Å². The molecule has 19 heavy (non-hydrogen) atoms. The van der Waals surface area contributed by atoms with Crippen molar-refractivity contribution in [2.45, 2.75) is 19.6 Å². The molecule has 0 saturated heterocycles. The van der Waals surface area contributed by atoms with Crippen molar-refractivity contribution < 1.29 is 14.3 Å². The Bertz CT molecular complexity index is 473. The molecule has 2 amide bonds. The topological polar surface area (TPSA) is 46.6 Å². The minimum absolute atomic E-state index is 0.211. The summed E-state index contributed by atoms with van der Waals surface area (Å²) in [5.41, 5.74) is 0.996. The highest BCUT2D eigenvalue weighted by atomic mass is 28.3. The third-order valence-electron chi connectivity index (χ3n) is 2.87. The average molecular weight is 277 g/mol. The normalized spacial score (nSPS) is 15.0. The number of benzene rings is 1. The summed E-state index contributed by atoms with van der Waals surface area (Å²) < 4.78 is 5.57. The molecule has 2 rings (SSSR count). The van der Waals surface area contributed by atoms with Crippen LogP contribution in [0.3, 0.4) is 0 Å². The van der Waals surface area contributed by atoms with E-state index in [4.69, 9.17) is 4.74 Å². The molecule has 0 spiro atoms. The minimum atomic E-state index is -1.24. The van der Waals surface area contributed by atoms with E-state index in [1.807, 2.05) is 0 Å². The third kappa shape index (κ3) is 3.11. The van der Waals surface area contributed by atoms with Gasteiger partial charge in [-0.15, -0.1) is 0 Å². The summed E-state index contributed by atoms with van der Waals surface area (Å²) in [7, 11) is -1.24. The highest BCUT2D eigenvalue weighted by Gasteiger charge is 2.34. The minimum Gasteiger partial charge on any atom is -0.383 e. The van der Waals surface area contributed by atoms with E-state index in [1.165, 1.54) is 4.90 Å². The first-order valence-corrected chi connectivity index (χ1v) is 10.1. The number of carbonyl (C=O) groups excluding carboxylic acids is 2. The van der Waals surface area contributed by atoms with Crippen LogP contribution in [-0.4, -0.2) is 44.2 Å². The second-order valence-electron chi connectivity index (χ2n) is 5.92. The van der Waals surface area contributed by atoms with Crippen molar-refractivity contribution in [2.24, 2.45) is 0 Å². The molecule has 1 aliphatic heterocycles. The summed E-state index contributed by atoms with van der Waals surface area (Å²) >= 11 is 0. The lowest BCUT2D eigenvalue weighted by molar-refractivity contribution is 0.0592. The van der Waals surface area contributed by atoms with Crippen LogP contribution >= 0.6 is 0 Å². The molecule has 1 heterocycles. The summed E-state index contributed by atoms with van der Waals surface area (Å²) in [6.45, 7) is 7.39. The number of ether oxygens (including phenoxy) is 1. The monoisotopic (exact) mass is 277 g/mol. The predicted molar refractivity (Wildman–Crippen MR) is 76.0 cm³/mol. The second kappa shape index (κ2) is 5.26. The summed E-state index contributed by atoms with van der Waals surface area (Å²) in [5.74, 6) is -0.422. The number of amides is 2. The molecule has 0 saturated carbocycles. The lowest BCUT2D eigenvalue weighted by Gasteiger charge is -2.18. The standard InChI is InChI=1S/C14H19NO3Si/c1-19(2,3)10-18-9-8-15-13(16)11-6-4-5-7-12(11)14(15)17/h4-7H,8-10H2,1-3H3. The smallest absolute Gasteiger partial charge is 0.261 e. The van der Waals surface area contributed by atoms with Crippen LogP contribution in [0, 0.1) is 0 Å². The fourth-order valence-electron chi connectivity index (χ4n) is 1.98. The molecule has 0 aromatic heterocycles. The largest absolute Gasteiger partial charge is 0.383 e. The van der Waals surface area contributed by atoms with Gasteiger partial charge in [0.05, 0.1) is 32.4 Å². The van der Waals surface area contributed by atoms with E-state index in [-0.39, 0.29) is 11.8 Å². The van der Waals surface area contributed by atoms with Crippen molar-refractivity contribution in [1.29, 1.82) is 0 Å². The van der Waals surface area contributed by atoms with Crippen molar-refractivity contribution in [2.75, 3.05) is 19.4 Å². The number of hydrogen-bond acceptors (Lipinski definition) is 3. The van der Waals surface area contributed by atoms with Gasteiger partial charge in [0.2, 0.25) is 0 Å². The van der Waals surface area contributed by atoms with Crippen LogP contribution in [0.2, 0.25) is 19.6 Å². The summed E-state index contributed by atoms with van der Waals surface area (Å²) in [6.07, 6.45) is 0.746. The molecular formula is C14H19NO3Si. The number of hydrogen-bond donors (Lipinski definition) is 0. The molecule has 0 radical (unpaired) electrons. The Kier molecular flexibility index (Phi) is 3.87. The zero-order chi connectivity index (χ0) is 14.0. The van der Waals surface area contributed by atoms with Crippen LogP contribution in [0.1, 0.15) is 20.7 Å². The Morgan fingerprint density at radius 2 is 1.58 bits per heavy atom. The molecule has 1 aromatic rings. The van der Waals surface area contributed by atoms with Crippen molar-refractivity contribution >= 4 is 19.9 Å². The molecule has 0 fully saturated rings. The summed E-state index contributed by atoms with van der Waals surface area (Å²) in [4.78, 5) is 25.4. The van der Waals surface area contributed by atoms with Gasteiger partial charge in [-0.2, -0.15) is 0 Å². The molecule has 102 valence electrons. The highest BCUT2D eigenvalue weighted by molar-refractivity contribution is 6.76. The Balaban J connectivity index is 1.94. The van der Waals surface area contributed by atoms with E-state index < -0.39 is 8.07 Å². The molecule has 0 unspecified atom stereocenters. The zero-order valence-electron chi connectivity index (χ0n) is 11.6. The van der Waals surface area contributed by atoms with Crippen LogP contribution in [-0.2, 0) is 4.74 Å². The number of fused-ring (bicyclic) bond motifs is 1. The maximum atomic E-state index is 12.1. The number of nitrogens with zero attached hydrogens (tertiary/aromatic N) is 1. The molecule has 0 atom stereocenters. The van der Waals surface area contributed by atoms with Gasteiger partial charge in [-0.25, -0.2) is 0 Å². The molecule has 0 N–H and O–H groups in total. The lowest BCUT2D eigenvalue weighted by atomic mass is 10.1. The van der Waals surface area contributed by atoms with Gasteiger partial charge >= 0.3 is 0 Å². The molecular weight excluding hydrogens is 258 g/mol. The highest BCUT2D eigenvalue weighted by Crippen LogP contribution is 2.21. The molecule has 1 aromatic carbocycles. The lowest BCUT2D eigenvalue weighted by Crippen LogP contribution is -2.35. The SMILES string of the molecule is C[Si](C)(C)COCCN1C(=O)c2ccccc2C1=O. The second-order valence-corrected chi connectivity index (χ2v) is 11.3. The maximum Gasteiger partial charge on any atom is 0.261 e. The Hall–Kier alpha value is -1.46. The molecule has 5 heteroatoms. The van der Waals surface area contributed by atoms with Crippen LogP contribution in [0.5, 0.6) is 0 Å². The molecule has 0 bridgehead atoms. The van der Waals surface area contributed by atoms with E-state index in [0.29, 0.717) is 24.3 Å². The van der Waals surface area contributed by atoms with Crippen LogP contribution in [0.25, 0.3) is 0 Å². The fraction of sp³-hybridized carbons (Fsp3) is 0.429. The molecule has 4 nitrogen and oxygen atoms in total. The van der Waals surface area contributed by atoms with Gasteiger partial charge in [-0.3, -0.25) is 14.5 Å². The van der Waals surface area contributed by atoms with Crippen molar-refractivity contribution in [3.8, 4) is 0 Å². The number of imide groups is 1. The zero-order valence-corrected chi connectivity index (χ0v) is 12.6. The summed E-state index contributed by atoms with van der Waals surface area (Å²) in [6, 6.07) is 6.93.